The quantitative estimate of drug-likeness (QED) is 0.911. The fraction of sp³-hybridized carbons (Fsp3) is 0.333. The van der Waals surface area contributed by atoms with Gasteiger partial charge in [-0.1, -0.05) is 35.9 Å². The van der Waals surface area contributed by atoms with Gasteiger partial charge < -0.3 is 9.67 Å². The minimum atomic E-state index is 0.0952. The standard InChI is InChI=1S/C15H19ClN2O/c1-17(10-15-7-14(16)9-18(15)2)8-12-3-5-13(11-19)6-4-12/h3-7,9,19H,8,10-11H2,1-2H3. The summed E-state index contributed by atoms with van der Waals surface area (Å²) in [6.07, 6.45) is 1.92. The Morgan fingerprint density at radius 3 is 2.32 bits per heavy atom. The van der Waals surface area contributed by atoms with Gasteiger partial charge in [0, 0.05) is 32.0 Å². The lowest BCUT2D eigenvalue weighted by atomic mass is 10.1. The second-order valence-electron chi connectivity index (χ2n) is 4.91. The van der Waals surface area contributed by atoms with Crippen molar-refractivity contribution in [3.8, 4) is 0 Å². The van der Waals surface area contributed by atoms with Crippen LogP contribution >= 0.6 is 11.6 Å². The second-order valence-corrected chi connectivity index (χ2v) is 5.34. The number of aliphatic hydroxyl groups is 1. The van der Waals surface area contributed by atoms with Crippen molar-refractivity contribution in [1.82, 2.24) is 9.47 Å². The summed E-state index contributed by atoms with van der Waals surface area (Å²) >= 11 is 5.98. The molecule has 4 heteroatoms. The Labute approximate surface area is 119 Å². The van der Waals surface area contributed by atoms with Crippen molar-refractivity contribution in [3.63, 3.8) is 0 Å². The largest absolute Gasteiger partial charge is 0.392 e. The van der Waals surface area contributed by atoms with E-state index < -0.39 is 0 Å². The Morgan fingerprint density at radius 1 is 1.16 bits per heavy atom. The predicted octanol–water partition coefficient (Wildman–Crippen LogP) is 2.80. The molecule has 0 radical (unpaired) electrons. The SMILES string of the molecule is CN(Cc1ccc(CO)cc1)Cc1cc(Cl)cn1C. The highest BCUT2D eigenvalue weighted by Gasteiger charge is 2.06. The zero-order valence-electron chi connectivity index (χ0n) is 11.3. The van der Waals surface area contributed by atoms with Gasteiger partial charge in [0.1, 0.15) is 0 Å². The number of aromatic nitrogens is 1. The van der Waals surface area contributed by atoms with Crippen LogP contribution in [0.15, 0.2) is 36.5 Å². The van der Waals surface area contributed by atoms with Crippen LogP contribution < -0.4 is 0 Å². The van der Waals surface area contributed by atoms with Crippen molar-refractivity contribution in [2.75, 3.05) is 7.05 Å². The number of halogens is 1. The molecule has 1 N–H and O–H groups in total. The smallest absolute Gasteiger partial charge is 0.0681 e. The van der Waals surface area contributed by atoms with Crippen LogP contribution in [-0.2, 0) is 26.7 Å². The normalized spacial score (nSPS) is 11.2. The Morgan fingerprint density at radius 2 is 1.79 bits per heavy atom. The van der Waals surface area contributed by atoms with Crippen LogP contribution in [0.5, 0.6) is 0 Å². The van der Waals surface area contributed by atoms with Gasteiger partial charge in [0.25, 0.3) is 0 Å². The maximum atomic E-state index is 9.01. The molecule has 3 nitrogen and oxygen atoms in total. The molecule has 0 aliphatic carbocycles. The van der Waals surface area contributed by atoms with Crippen molar-refractivity contribution in [2.24, 2.45) is 7.05 Å². The van der Waals surface area contributed by atoms with Crippen molar-refractivity contribution < 1.29 is 5.11 Å². The number of aliphatic hydroxyl groups excluding tert-OH is 1. The summed E-state index contributed by atoms with van der Waals surface area (Å²) in [5, 5.41) is 9.79. The first kappa shape index (κ1) is 14.1. The minimum Gasteiger partial charge on any atom is -0.392 e. The van der Waals surface area contributed by atoms with E-state index in [-0.39, 0.29) is 6.61 Å². The second kappa shape index (κ2) is 6.24. The molecule has 2 rings (SSSR count). The van der Waals surface area contributed by atoms with Crippen molar-refractivity contribution in [1.29, 1.82) is 0 Å². The zero-order valence-corrected chi connectivity index (χ0v) is 12.1. The summed E-state index contributed by atoms with van der Waals surface area (Å²) in [7, 11) is 4.09. The molecule has 19 heavy (non-hydrogen) atoms. The van der Waals surface area contributed by atoms with Gasteiger partial charge in [-0.2, -0.15) is 0 Å². The Kier molecular flexibility index (Phi) is 4.64. The van der Waals surface area contributed by atoms with Crippen LogP contribution in [0.3, 0.4) is 0 Å². The lowest BCUT2D eigenvalue weighted by molar-refractivity contribution is 0.281. The number of benzene rings is 1. The van der Waals surface area contributed by atoms with E-state index in [1.807, 2.05) is 36.0 Å². The molecule has 0 fully saturated rings. The molecular weight excluding hydrogens is 260 g/mol. The average Bonchev–Trinajstić information content (AvgIpc) is 2.68. The molecule has 0 unspecified atom stereocenters. The lowest BCUT2D eigenvalue weighted by Gasteiger charge is -2.17. The van der Waals surface area contributed by atoms with Crippen LogP contribution in [0.25, 0.3) is 0 Å². The van der Waals surface area contributed by atoms with Crippen molar-refractivity contribution in [2.45, 2.75) is 19.7 Å². The van der Waals surface area contributed by atoms with Gasteiger partial charge in [-0.25, -0.2) is 0 Å². The topological polar surface area (TPSA) is 28.4 Å². The summed E-state index contributed by atoms with van der Waals surface area (Å²) in [6.45, 7) is 1.82. The third-order valence-corrected chi connectivity index (χ3v) is 3.37. The van der Waals surface area contributed by atoms with Crippen LogP contribution in [-0.4, -0.2) is 21.6 Å². The van der Waals surface area contributed by atoms with Crippen molar-refractivity contribution in [3.05, 3.63) is 58.4 Å². The fourth-order valence-corrected chi connectivity index (χ4v) is 2.39. The molecule has 0 saturated carbocycles. The molecule has 0 amide bonds. The number of hydrogen-bond donors (Lipinski definition) is 1. The Bertz CT molecular complexity index is 534. The minimum absolute atomic E-state index is 0.0952. The summed E-state index contributed by atoms with van der Waals surface area (Å²) in [5.74, 6) is 0. The van der Waals surface area contributed by atoms with E-state index in [1.54, 1.807) is 0 Å². The van der Waals surface area contributed by atoms with Crippen LogP contribution in [0.1, 0.15) is 16.8 Å². The highest BCUT2D eigenvalue weighted by atomic mass is 35.5. The van der Waals surface area contributed by atoms with Gasteiger partial charge in [0.05, 0.1) is 11.6 Å². The number of nitrogens with zero attached hydrogens (tertiary/aromatic N) is 2. The van der Waals surface area contributed by atoms with E-state index in [0.717, 1.165) is 23.7 Å². The molecular formula is C15H19ClN2O. The van der Waals surface area contributed by atoms with Crippen LogP contribution in [0.4, 0.5) is 0 Å². The van der Waals surface area contributed by atoms with Gasteiger partial charge >= 0.3 is 0 Å². The average molecular weight is 279 g/mol. The predicted molar refractivity (Wildman–Crippen MR) is 78.0 cm³/mol. The van der Waals surface area contributed by atoms with Crippen molar-refractivity contribution >= 4 is 11.6 Å². The highest BCUT2D eigenvalue weighted by Crippen LogP contribution is 2.15. The van der Waals surface area contributed by atoms with E-state index in [0.29, 0.717) is 0 Å². The monoisotopic (exact) mass is 278 g/mol. The third-order valence-electron chi connectivity index (χ3n) is 3.16. The fourth-order valence-electron chi connectivity index (χ4n) is 2.12. The summed E-state index contributed by atoms with van der Waals surface area (Å²) in [5.41, 5.74) is 3.38. The summed E-state index contributed by atoms with van der Waals surface area (Å²) in [4.78, 5) is 2.24. The molecule has 1 aromatic heterocycles. The van der Waals surface area contributed by atoms with Gasteiger partial charge in [-0.15, -0.1) is 0 Å². The molecule has 1 heterocycles. The van der Waals surface area contributed by atoms with Gasteiger partial charge in [0.2, 0.25) is 0 Å². The molecule has 102 valence electrons. The summed E-state index contributed by atoms with van der Waals surface area (Å²) < 4.78 is 2.05. The van der Waals surface area contributed by atoms with E-state index in [1.165, 1.54) is 11.3 Å². The number of hydrogen-bond acceptors (Lipinski definition) is 2. The van der Waals surface area contributed by atoms with E-state index >= 15 is 0 Å². The first-order valence-electron chi connectivity index (χ1n) is 6.26. The first-order chi connectivity index (χ1) is 9.08. The highest BCUT2D eigenvalue weighted by molar-refractivity contribution is 6.30. The zero-order chi connectivity index (χ0) is 13.8. The molecule has 0 atom stereocenters. The molecule has 2 aromatic rings. The third kappa shape index (κ3) is 3.83. The molecule has 0 saturated heterocycles. The summed E-state index contributed by atoms with van der Waals surface area (Å²) in [6, 6.07) is 10.0. The molecule has 1 aromatic carbocycles. The first-order valence-corrected chi connectivity index (χ1v) is 6.64. The van der Waals surface area contributed by atoms with E-state index in [9.17, 15) is 0 Å². The van der Waals surface area contributed by atoms with E-state index in [4.69, 9.17) is 16.7 Å². The number of rotatable bonds is 5. The molecule has 0 aliphatic rings. The maximum Gasteiger partial charge on any atom is 0.0681 e. The van der Waals surface area contributed by atoms with Gasteiger partial charge in [0.15, 0.2) is 0 Å². The van der Waals surface area contributed by atoms with Crippen LogP contribution in [0, 0.1) is 0 Å². The maximum absolute atomic E-state index is 9.01. The molecule has 0 spiro atoms. The van der Waals surface area contributed by atoms with E-state index in [2.05, 4.69) is 24.1 Å². The Balaban J connectivity index is 1.96. The molecule has 0 bridgehead atoms. The van der Waals surface area contributed by atoms with Gasteiger partial charge in [-0.3, -0.25) is 4.90 Å². The molecule has 0 aliphatic heterocycles. The Hall–Kier alpha value is -1.29. The van der Waals surface area contributed by atoms with Crippen LogP contribution in [0.2, 0.25) is 5.02 Å². The lowest BCUT2D eigenvalue weighted by Crippen LogP contribution is -2.18. The van der Waals surface area contributed by atoms with Gasteiger partial charge in [-0.05, 0) is 24.2 Å². The number of aryl methyl sites for hydroxylation is 1.